The van der Waals surface area contributed by atoms with Crippen LogP contribution in [0.25, 0.3) is 0 Å². The number of nitrogens with zero attached hydrogens (tertiary/aromatic N) is 2. The lowest BCUT2D eigenvalue weighted by Gasteiger charge is -2.41. The smallest absolute Gasteiger partial charge is 0.0411 e. The van der Waals surface area contributed by atoms with E-state index in [2.05, 4.69) is 37.3 Å². The number of hydrogen-bond donors (Lipinski definition) is 0. The second-order valence-corrected chi connectivity index (χ2v) is 3.75. The highest BCUT2D eigenvalue weighted by molar-refractivity contribution is 4.95. The summed E-state index contributed by atoms with van der Waals surface area (Å²) in [6, 6.07) is 0.682. The van der Waals surface area contributed by atoms with E-state index in [1.54, 1.807) is 0 Å². The summed E-state index contributed by atoms with van der Waals surface area (Å²) in [4.78, 5) is 4.83. The van der Waals surface area contributed by atoms with E-state index < -0.39 is 0 Å². The molecule has 0 amide bonds. The van der Waals surface area contributed by atoms with Gasteiger partial charge in [0.25, 0.3) is 0 Å². The summed E-state index contributed by atoms with van der Waals surface area (Å²) in [5.41, 5.74) is 1.22. The number of allylic oxidation sites excluding steroid dienone is 1. The van der Waals surface area contributed by atoms with Gasteiger partial charge in [-0.25, -0.2) is 0 Å². The van der Waals surface area contributed by atoms with E-state index in [-0.39, 0.29) is 0 Å². The van der Waals surface area contributed by atoms with Gasteiger partial charge >= 0.3 is 0 Å². The predicted octanol–water partition coefficient (Wildman–Crippen LogP) is 1.55. The highest BCUT2D eigenvalue weighted by Crippen LogP contribution is 2.15. The lowest BCUT2D eigenvalue weighted by Crippen LogP contribution is -2.50. The molecule has 0 radical (unpaired) electrons. The minimum atomic E-state index is 0.682. The summed E-state index contributed by atoms with van der Waals surface area (Å²) < 4.78 is 0. The van der Waals surface area contributed by atoms with Crippen molar-refractivity contribution in [3.05, 3.63) is 12.3 Å². The fourth-order valence-corrected chi connectivity index (χ4v) is 1.86. The van der Waals surface area contributed by atoms with Crippen molar-refractivity contribution in [2.45, 2.75) is 26.3 Å². The van der Waals surface area contributed by atoms with Gasteiger partial charge in [-0.1, -0.05) is 13.5 Å². The van der Waals surface area contributed by atoms with Gasteiger partial charge in [-0.15, -0.1) is 0 Å². The maximum atomic E-state index is 4.01. The molecule has 0 aromatic carbocycles. The Morgan fingerprint density at radius 1 is 1.50 bits per heavy atom. The molecule has 1 rings (SSSR count). The van der Waals surface area contributed by atoms with Crippen molar-refractivity contribution in [3.63, 3.8) is 0 Å². The van der Waals surface area contributed by atoms with Crippen molar-refractivity contribution in [2.75, 3.05) is 26.7 Å². The molecule has 1 aliphatic rings. The van der Waals surface area contributed by atoms with Crippen molar-refractivity contribution < 1.29 is 0 Å². The monoisotopic (exact) mass is 168 g/mol. The third-order valence-electron chi connectivity index (χ3n) is 2.65. The largest absolute Gasteiger partial charge is 0.370 e. The summed E-state index contributed by atoms with van der Waals surface area (Å²) >= 11 is 0. The normalized spacial score (nSPS) is 25.9. The van der Waals surface area contributed by atoms with E-state index in [0.29, 0.717) is 6.04 Å². The van der Waals surface area contributed by atoms with E-state index >= 15 is 0 Å². The zero-order valence-electron chi connectivity index (χ0n) is 8.51. The molecule has 1 atom stereocenters. The van der Waals surface area contributed by atoms with Crippen LogP contribution in [0.4, 0.5) is 0 Å². The summed E-state index contributed by atoms with van der Waals surface area (Å²) in [6.07, 6.45) is 1.22. The Hall–Kier alpha value is -0.500. The standard InChI is InChI=1S/C10H20N2/c1-5-10-8-11(4)6-7-12(10)9(2)3/h10H,2,5-8H2,1,3-4H3. The maximum Gasteiger partial charge on any atom is 0.0411 e. The molecule has 0 aromatic heterocycles. The van der Waals surface area contributed by atoms with Crippen molar-refractivity contribution in [1.82, 2.24) is 9.80 Å². The van der Waals surface area contributed by atoms with Crippen LogP contribution in [0.1, 0.15) is 20.3 Å². The van der Waals surface area contributed by atoms with Crippen LogP contribution >= 0.6 is 0 Å². The Bertz CT molecular complexity index is 165. The number of rotatable bonds is 2. The number of hydrogen-bond acceptors (Lipinski definition) is 2. The molecule has 0 bridgehead atoms. The molecule has 0 aromatic rings. The molecule has 1 heterocycles. The Balaban J connectivity index is 2.56. The summed E-state index contributed by atoms with van der Waals surface area (Å²) in [6.45, 7) is 11.9. The second-order valence-electron chi connectivity index (χ2n) is 3.75. The fourth-order valence-electron chi connectivity index (χ4n) is 1.86. The van der Waals surface area contributed by atoms with Gasteiger partial charge < -0.3 is 9.80 Å². The van der Waals surface area contributed by atoms with Gasteiger partial charge in [0.15, 0.2) is 0 Å². The summed E-state index contributed by atoms with van der Waals surface area (Å²) in [7, 11) is 2.19. The average molecular weight is 168 g/mol. The van der Waals surface area contributed by atoms with E-state index in [1.807, 2.05) is 0 Å². The topological polar surface area (TPSA) is 6.48 Å². The molecule has 1 unspecified atom stereocenters. The Kier molecular flexibility index (Phi) is 3.15. The minimum absolute atomic E-state index is 0.682. The van der Waals surface area contributed by atoms with Crippen LogP contribution in [0.15, 0.2) is 12.3 Å². The van der Waals surface area contributed by atoms with Gasteiger partial charge in [0, 0.05) is 31.4 Å². The van der Waals surface area contributed by atoms with E-state index in [0.717, 1.165) is 6.54 Å². The van der Waals surface area contributed by atoms with Crippen LogP contribution < -0.4 is 0 Å². The SMILES string of the molecule is C=C(C)N1CCN(C)CC1CC. The van der Waals surface area contributed by atoms with Crippen LogP contribution in [0.5, 0.6) is 0 Å². The first-order valence-electron chi connectivity index (χ1n) is 4.75. The van der Waals surface area contributed by atoms with Crippen molar-refractivity contribution in [2.24, 2.45) is 0 Å². The zero-order chi connectivity index (χ0) is 9.14. The molecule has 2 nitrogen and oxygen atoms in total. The van der Waals surface area contributed by atoms with E-state index in [1.165, 1.54) is 25.2 Å². The lowest BCUT2D eigenvalue weighted by atomic mass is 10.1. The molecular formula is C10H20N2. The molecule has 0 saturated carbocycles. The van der Waals surface area contributed by atoms with Gasteiger partial charge in [-0.05, 0) is 20.4 Å². The predicted molar refractivity (Wildman–Crippen MR) is 53.1 cm³/mol. The van der Waals surface area contributed by atoms with Crippen LogP contribution in [0, 0.1) is 0 Å². The molecule has 0 aliphatic carbocycles. The van der Waals surface area contributed by atoms with Crippen LogP contribution in [-0.2, 0) is 0 Å². The second kappa shape index (κ2) is 3.94. The molecule has 1 fully saturated rings. The molecule has 2 heteroatoms. The highest BCUT2D eigenvalue weighted by atomic mass is 15.3. The highest BCUT2D eigenvalue weighted by Gasteiger charge is 2.22. The number of piperazine rings is 1. The lowest BCUT2D eigenvalue weighted by molar-refractivity contribution is 0.119. The third-order valence-corrected chi connectivity index (χ3v) is 2.65. The van der Waals surface area contributed by atoms with E-state index in [4.69, 9.17) is 0 Å². The van der Waals surface area contributed by atoms with Crippen molar-refractivity contribution >= 4 is 0 Å². The molecule has 12 heavy (non-hydrogen) atoms. The van der Waals surface area contributed by atoms with Gasteiger partial charge in [-0.3, -0.25) is 0 Å². The first-order chi connectivity index (χ1) is 5.65. The molecule has 70 valence electrons. The Morgan fingerprint density at radius 3 is 2.67 bits per heavy atom. The quantitative estimate of drug-likeness (QED) is 0.617. The molecule has 1 saturated heterocycles. The van der Waals surface area contributed by atoms with Gasteiger partial charge in [0.05, 0.1) is 0 Å². The summed E-state index contributed by atoms with van der Waals surface area (Å²) in [5.74, 6) is 0. The molecule has 1 aliphatic heterocycles. The van der Waals surface area contributed by atoms with Crippen LogP contribution in [0.3, 0.4) is 0 Å². The first-order valence-corrected chi connectivity index (χ1v) is 4.75. The maximum absolute atomic E-state index is 4.01. The average Bonchev–Trinajstić information content (AvgIpc) is 2.03. The van der Waals surface area contributed by atoms with Gasteiger partial charge in [-0.2, -0.15) is 0 Å². The van der Waals surface area contributed by atoms with Crippen LogP contribution in [-0.4, -0.2) is 42.5 Å². The molecular weight excluding hydrogens is 148 g/mol. The first kappa shape index (κ1) is 9.59. The minimum Gasteiger partial charge on any atom is -0.370 e. The zero-order valence-corrected chi connectivity index (χ0v) is 8.51. The van der Waals surface area contributed by atoms with Gasteiger partial charge in [0.1, 0.15) is 0 Å². The van der Waals surface area contributed by atoms with E-state index in [9.17, 15) is 0 Å². The summed E-state index contributed by atoms with van der Waals surface area (Å²) in [5, 5.41) is 0. The van der Waals surface area contributed by atoms with Crippen LogP contribution in [0.2, 0.25) is 0 Å². The van der Waals surface area contributed by atoms with Gasteiger partial charge in [0.2, 0.25) is 0 Å². The van der Waals surface area contributed by atoms with Crippen molar-refractivity contribution in [1.29, 1.82) is 0 Å². The number of likely N-dealkylation sites (N-methyl/N-ethyl adjacent to an activating group) is 1. The fraction of sp³-hybridized carbons (Fsp3) is 0.800. The third kappa shape index (κ3) is 2.01. The Morgan fingerprint density at radius 2 is 2.17 bits per heavy atom. The molecule has 0 N–H and O–H groups in total. The molecule has 0 spiro atoms. The Labute approximate surface area is 75.8 Å². The van der Waals surface area contributed by atoms with Crippen molar-refractivity contribution in [3.8, 4) is 0 Å².